The summed E-state index contributed by atoms with van der Waals surface area (Å²) in [5.74, 6) is -0.174. The number of likely N-dealkylation sites (tertiary alicyclic amines) is 1. The van der Waals surface area contributed by atoms with Crippen molar-refractivity contribution < 1.29 is 22.7 Å². The van der Waals surface area contributed by atoms with Gasteiger partial charge in [-0.25, -0.2) is 4.79 Å². The number of alkyl halides is 3. The standard InChI is InChI=1S/C21H27F3N2O2/c1-6-7-13-10-14-15-12-26(19(27)28-20(2,3)4)9-8-17(15)25(5)18(14)16(11-13)21(22,23)24/h6,10-11,15,17H,1,7-9,12H2,2-5H3. The number of ether oxygens (including phenoxy) is 1. The van der Waals surface area contributed by atoms with Crippen LogP contribution < -0.4 is 4.90 Å². The number of halogens is 3. The fourth-order valence-corrected chi connectivity index (χ4v) is 4.26. The first-order chi connectivity index (χ1) is 12.9. The van der Waals surface area contributed by atoms with Gasteiger partial charge in [0, 0.05) is 32.1 Å². The Morgan fingerprint density at radius 1 is 1.32 bits per heavy atom. The molecule has 2 heterocycles. The maximum absolute atomic E-state index is 13.8. The van der Waals surface area contributed by atoms with Crippen LogP contribution in [0.25, 0.3) is 0 Å². The number of hydrogen-bond acceptors (Lipinski definition) is 3. The minimum Gasteiger partial charge on any atom is -0.444 e. The molecule has 1 aromatic carbocycles. The monoisotopic (exact) mass is 396 g/mol. The second kappa shape index (κ2) is 7.01. The number of piperidine rings is 1. The fraction of sp³-hybridized carbons (Fsp3) is 0.571. The minimum absolute atomic E-state index is 0.0613. The molecule has 1 saturated heterocycles. The molecule has 0 radical (unpaired) electrons. The van der Waals surface area contributed by atoms with E-state index in [1.807, 2.05) is 6.07 Å². The summed E-state index contributed by atoms with van der Waals surface area (Å²) in [6, 6.07) is 3.00. The maximum Gasteiger partial charge on any atom is 0.418 e. The quantitative estimate of drug-likeness (QED) is 0.661. The molecule has 0 spiro atoms. The lowest BCUT2D eigenvalue weighted by molar-refractivity contribution is -0.137. The van der Waals surface area contributed by atoms with E-state index in [9.17, 15) is 18.0 Å². The number of likely N-dealkylation sites (N-methyl/N-ethyl adjacent to an activating group) is 1. The lowest BCUT2D eigenvalue weighted by atomic mass is 9.87. The van der Waals surface area contributed by atoms with Crippen molar-refractivity contribution in [2.45, 2.75) is 57.3 Å². The number of fused-ring (bicyclic) bond motifs is 3. The van der Waals surface area contributed by atoms with Gasteiger partial charge in [-0.2, -0.15) is 13.2 Å². The summed E-state index contributed by atoms with van der Waals surface area (Å²) in [7, 11) is 1.72. The molecule has 0 N–H and O–H groups in total. The van der Waals surface area contributed by atoms with Crippen molar-refractivity contribution in [2.24, 2.45) is 0 Å². The number of nitrogens with zero attached hydrogens (tertiary/aromatic N) is 2. The summed E-state index contributed by atoms with van der Waals surface area (Å²) in [4.78, 5) is 15.8. The molecule has 0 saturated carbocycles. The van der Waals surface area contributed by atoms with Crippen molar-refractivity contribution >= 4 is 11.8 Å². The van der Waals surface area contributed by atoms with Gasteiger partial charge in [0.05, 0.1) is 11.3 Å². The van der Waals surface area contributed by atoms with Crippen LogP contribution in [-0.2, 0) is 17.3 Å². The number of anilines is 1. The van der Waals surface area contributed by atoms with Crippen LogP contribution in [0.1, 0.15) is 49.8 Å². The van der Waals surface area contributed by atoms with Crippen LogP contribution in [0.15, 0.2) is 24.8 Å². The van der Waals surface area contributed by atoms with Gasteiger partial charge in [0.1, 0.15) is 5.60 Å². The zero-order valence-corrected chi connectivity index (χ0v) is 16.8. The zero-order chi connectivity index (χ0) is 20.9. The Bertz CT molecular complexity index is 783. The van der Waals surface area contributed by atoms with Gasteiger partial charge in [0.15, 0.2) is 0 Å². The van der Waals surface area contributed by atoms with E-state index in [2.05, 4.69) is 6.58 Å². The molecule has 2 atom stereocenters. The van der Waals surface area contributed by atoms with E-state index in [-0.39, 0.29) is 17.6 Å². The number of hydrogen-bond donors (Lipinski definition) is 0. The van der Waals surface area contributed by atoms with Crippen LogP contribution in [0.5, 0.6) is 0 Å². The molecule has 2 aliphatic rings. The summed E-state index contributed by atoms with van der Waals surface area (Å²) < 4.78 is 46.8. The molecule has 28 heavy (non-hydrogen) atoms. The average molecular weight is 396 g/mol. The van der Waals surface area contributed by atoms with Crippen molar-refractivity contribution in [3.63, 3.8) is 0 Å². The zero-order valence-electron chi connectivity index (χ0n) is 16.8. The third kappa shape index (κ3) is 3.84. The molecule has 1 amide bonds. The Morgan fingerprint density at radius 2 is 2.00 bits per heavy atom. The van der Waals surface area contributed by atoms with Crippen molar-refractivity contribution in [3.8, 4) is 0 Å². The van der Waals surface area contributed by atoms with E-state index in [4.69, 9.17) is 4.74 Å². The second-order valence-electron chi connectivity index (χ2n) is 8.57. The van der Waals surface area contributed by atoms with Crippen LogP contribution in [0.4, 0.5) is 23.7 Å². The predicted octanol–water partition coefficient (Wildman–Crippen LogP) is 4.98. The molecule has 3 rings (SSSR count). The second-order valence-corrected chi connectivity index (χ2v) is 8.57. The minimum atomic E-state index is -4.44. The Morgan fingerprint density at radius 3 is 2.57 bits per heavy atom. The van der Waals surface area contributed by atoms with Crippen LogP contribution >= 0.6 is 0 Å². The SMILES string of the molecule is C=CCc1cc2c(c(C(F)(F)F)c1)N(C)C1CCN(C(=O)OC(C)(C)C)CC21. The third-order valence-corrected chi connectivity index (χ3v) is 5.36. The Labute approximate surface area is 163 Å². The number of carbonyl (C=O) groups excluding carboxylic acids is 1. The Balaban J connectivity index is 1.98. The predicted molar refractivity (Wildman–Crippen MR) is 103 cm³/mol. The molecule has 2 aliphatic heterocycles. The summed E-state index contributed by atoms with van der Waals surface area (Å²) in [6.07, 6.45) is -2.28. The fourth-order valence-electron chi connectivity index (χ4n) is 4.26. The molecule has 0 bridgehead atoms. The molecule has 1 fully saturated rings. The van der Waals surface area contributed by atoms with E-state index < -0.39 is 23.4 Å². The topological polar surface area (TPSA) is 32.8 Å². The van der Waals surface area contributed by atoms with Gasteiger partial charge in [-0.3, -0.25) is 0 Å². The van der Waals surface area contributed by atoms with Gasteiger partial charge in [-0.15, -0.1) is 6.58 Å². The molecular formula is C21H27F3N2O2. The number of benzene rings is 1. The number of allylic oxidation sites excluding steroid dienone is 1. The lowest BCUT2D eigenvalue weighted by Gasteiger charge is -2.38. The Kier molecular flexibility index (Phi) is 5.15. The van der Waals surface area contributed by atoms with Gasteiger partial charge < -0.3 is 14.5 Å². The maximum atomic E-state index is 13.8. The first-order valence-electron chi connectivity index (χ1n) is 9.48. The largest absolute Gasteiger partial charge is 0.444 e. The molecule has 0 aliphatic carbocycles. The van der Waals surface area contributed by atoms with E-state index in [1.165, 1.54) is 6.07 Å². The summed E-state index contributed by atoms with van der Waals surface area (Å²) in [5.41, 5.74) is 0.264. The first-order valence-corrected chi connectivity index (χ1v) is 9.48. The highest BCUT2D eigenvalue weighted by atomic mass is 19.4. The van der Waals surface area contributed by atoms with Crippen LogP contribution in [0.2, 0.25) is 0 Å². The smallest absolute Gasteiger partial charge is 0.418 e. The summed E-state index contributed by atoms with van der Waals surface area (Å²) in [5, 5.41) is 0. The lowest BCUT2D eigenvalue weighted by Crippen LogP contribution is -2.48. The summed E-state index contributed by atoms with van der Waals surface area (Å²) in [6.45, 7) is 9.86. The van der Waals surface area contributed by atoms with Crippen molar-refractivity contribution in [1.82, 2.24) is 4.90 Å². The molecule has 4 nitrogen and oxygen atoms in total. The van der Waals surface area contributed by atoms with E-state index in [0.717, 1.165) is 0 Å². The van der Waals surface area contributed by atoms with Gasteiger partial charge in [-0.05, 0) is 50.8 Å². The third-order valence-electron chi connectivity index (χ3n) is 5.36. The van der Waals surface area contributed by atoms with E-state index in [1.54, 1.807) is 43.7 Å². The normalized spacial score (nSPS) is 22.0. The summed E-state index contributed by atoms with van der Waals surface area (Å²) >= 11 is 0. The van der Waals surface area contributed by atoms with Crippen LogP contribution in [-0.4, -0.2) is 42.8 Å². The number of amides is 1. The van der Waals surface area contributed by atoms with Crippen LogP contribution in [0.3, 0.4) is 0 Å². The molecule has 154 valence electrons. The van der Waals surface area contributed by atoms with Gasteiger partial charge in [0.25, 0.3) is 0 Å². The highest BCUT2D eigenvalue weighted by Crippen LogP contribution is 2.50. The number of carbonyl (C=O) groups is 1. The molecule has 0 aromatic heterocycles. The Hall–Kier alpha value is -2.18. The molecule has 1 aromatic rings. The molecule has 2 unspecified atom stereocenters. The van der Waals surface area contributed by atoms with E-state index >= 15 is 0 Å². The molecular weight excluding hydrogens is 369 g/mol. The van der Waals surface area contributed by atoms with Crippen molar-refractivity contribution in [2.75, 3.05) is 25.0 Å². The van der Waals surface area contributed by atoms with Crippen molar-refractivity contribution in [3.05, 3.63) is 41.5 Å². The van der Waals surface area contributed by atoms with Gasteiger partial charge in [-0.1, -0.05) is 12.1 Å². The average Bonchev–Trinajstić information content (AvgIpc) is 2.84. The van der Waals surface area contributed by atoms with Crippen LogP contribution in [0, 0.1) is 0 Å². The van der Waals surface area contributed by atoms with Gasteiger partial charge in [0.2, 0.25) is 0 Å². The van der Waals surface area contributed by atoms with E-state index in [0.29, 0.717) is 37.1 Å². The highest BCUT2D eigenvalue weighted by molar-refractivity contribution is 5.72. The van der Waals surface area contributed by atoms with Crippen molar-refractivity contribution in [1.29, 1.82) is 0 Å². The first kappa shape index (κ1) is 20.6. The number of rotatable bonds is 2. The van der Waals surface area contributed by atoms with Gasteiger partial charge >= 0.3 is 12.3 Å². The highest BCUT2D eigenvalue weighted by Gasteiger charge is 2.47. The molecule has 7 heteroatoms.